The minimum atomic E-state index is -0.116. The lowest BCUT2D eigenvalue weighted by Gasteiger charge is -2.28. The van der Waals surface area contributed by atoms with Crippen molar-refractivity contribution in [2.75, 3.05) is 11.4 Å². The van der Waals surface area contributed by atoms with E-state index in [0.717, 1.165) is 0 Å². The number of hydrogen-bond donors (Lipinski definition) is 0. The largest absolute Gasteiger partial charge is 0.311 e. The lowest BCUT2D eigenvalue weighted by molar-refractivity contribution is -0.118. The molecule has 0 fully saturated rings. The van der Waals surface area contributed by atoms with E-state index in [2.05, 4.69) is 20.8 Å². The predicted molar refractivity (Wildman–Crippen MR) is 106 cm³/mol. The molecule has 0 atom stereocenters. The molecular weight excluding hydrogens is 338 g/mol. The van der Waals surface area contributed by atoms with Crippen LogP contribution in [0.2, 0.25) is 0 Å². The highest BCUT2D eigenvalue weighted by Crippen LogP contribution is 2.28. The number of anilines is 1. The summed E-state index contributed by atoms with van der Waals surface area (Å²) in [5.74, 6) is -0.0931. The number of Topliss-reactive ketones (excluding diaryl/α,β-unsaturated/α-hetero) is 2. The number of rotatable bonds is 4. The fourth-order valence-corrected chi connectivity index (χ4v) is 3.33. The average Bonchev–Trinajstić information content (AvgIpc) is 2.66. The van der Waals surface area contributed by atoms with E-state index < -0.39 is 0 Å². The number of carbonyl (C=O) groups excluding carboxylic acids is 3. The lowest BCUT2D eigenvalue weighted by Crippen LogP contribution is -2.37. The minimum Gasteiger partial charge on any atom is -0.311 e. The summed E-state index contributed by atoms with van der Waals surface area (Å²) in [5, 5.41) is 0. The molecule has 0 radical (unpaired) electrons. The van der Waals surface area contributed by atoms with Crippen molar-refractivity contribution in [3.8, 4) is 0 Å². The summed E-state index contributed by atoms with van der Waals surface area (Å²) in [4.78, 5) is 38.8. The maximum absolute atomic E-state index is 12.7. The third kappa shape index (κ3) is 4.16. The standard InChI is InChI=1S/C23H25NO3/c1-23(2,3)17-10-8-16(9-11-17)20(25)12-13-22(27)24-15-14-21(26)18-6-4-5-7-19(18)24/h4-11H,12-15H2,1-3H3. The Bertz CT molecular complexity index is 875. The number of nitrogens with zero attached hydrogens (tertiary/aromatic N) is 1. The Morgan fingerprint density at radius 2 is 1.63 bits per heavy atom. The summed E-state index contributed by atoms with van der Waals surface area (Å²) < 4.78 is 0. The number of fused-ring (bicyclic) bond motifs is 1. The summed E-state index contributed by atoms with van der Waals surface area (Å²) in [6.07, 6.45) is 0.633. The number of hydrogen-bond acceptors (Lipinski definition) is 3. The molecule has 0 saturated heterocycles. The third-order valence-electron chi connectivity index (χ3n) is 5.00. The summed E-state index contributed by atoms with van der Waals surface area (Å²) >= 11 is 0. The molecule has 0 spiro atoms. The van der Waals surface area contributed by atoms with Crippen LogP contribution in [-0.4, -0.2) is 24.0 Å². The molecule has 0 aliphatic carbocycles. The SMILES string of the molecule is CC(C)(C)c1ccc(C(=O)CCC(=O)N2CCC(=O)c3ccccc32)cc1. The Labute approximate surface area is 160 Å². The van der Waals surface area contributed by atoms with Gasteiger partial charge in [-0.1, -0.05) is 57.2 Å². The topological polar surface area (TPSA) is 54.5 Å². The van der Waals surface area contributed by atoms with Gasteiger partial charge in [0.25, 0.3) is 0 Å². The molecule has 0 aromatic heterocycles. The highest BCUT2D eigenvalue weighted by Gasteiger charge is 2.27. The molecule has 4 nitrogen and oxygen atoms in total. The van der Waals surface area contributed by atoms with E-state index in [9.17, 15) is 14.4 Å². The molecule has 1 aliphatic heterocycles. The normalized spacial score (nSPS) is 14.0. The number of carbonyl (C=O) groups is 3. The molecule has 140 valence electrons. The average molecular weight is 363 g/mol. The Morgan fingerprint density at radius 3 is 2.30 bits per heavy atom. The van der Waals surface area contributed by atoms with Crippen LogP contribution in [-0.2, 0) is 10.2 Å². The molecule has 0 bridgehead atoms. The van der Waals surface area contributed by atoms with Crippen molar-refractivity contribution in [2.45, 2.75) is 45.4 Å². The monoisotopic (exact) mass is 363 g/mol. The van der Waals surface area contributed by atoms with E-state index in [1.54, 1.807) is 23.1 Å². The molecule has 3 rings (SSSR count). The summed E-state index contributed by atoms with van der Waals surface area (Å²) in [5.41, 5.74) is 3.08. The Balaban J connectivity index is 1.65. The van der Waals surface area contributed by atoms with Crippen LogP contribution in [0.15, 0.2) is 48.5 Å². The molecule has 2 aromatic carbocycles. The van der Waals surface area contributed by atoms with E-state index in [1.807, 2.05) is 30.3 Å². The second-order valence-electron chi connectivity index (χ2n) is 7.99. The fourth-order valence-electron chi connectivity index (χ4n) is 3.33. The van der Waals surface area contributed by atoms with Crippen molar-refractivity contribution in [1.82, 2.24) is 0 Å². The van der Waals surface area contributed by atoms with Gasteiger partial charge in [0, 0.05) is 36.9 Å². The number of amides is 1. The highest BCUT2D eigenvalue weighted by atomic mass is 16.2. The van der Waals surface area contributed by atoms with Crippen molar-refractivity contribution < 1.29 is 14.4 Å². The second-order valence-corrected chi connectivity index (χ2v) is 7.99. The van der Waals surface area contributed by atoms with Gasteiger partial charge in [-0.15, -0.1) is 0 Å². The molecule has 27 heavy (non-hydrogen) atoms. The zero-order valence-corrected chi connectivity index (χ0v) is 16.1. The molecule has 0 N–H and O–H groups in total. The molecule has 1 amide bonds. The van der Waals surface area contributed by atoms with Gasteiger partial charge in [-0.3, -0.25) is 14.4 Å². The van der Waals surface area contributed by atoms with E-state index >= 15 is 0 Å². The van der Waals surface area contributed by atoms with Gasteiger partial charge in [0.15, 0.2) is 11.6 Å². The van der Waals surface area contributed by atoms with Gasteiger partial charge in [-0.05, 0) is 23.1 Å². The van der Waals surface area contributed by atoms with Crippen LogP contribution in [0.1, 0.15) is 66.3 Å². The molecular formula is C23H25NO3. The number of ketones is 2. The lowest BCUT2D eigenvalue weighted by atomic mass is 9.86. The van der Waals surface area contributed by atoms with Gasteiger partial charge >= 0.3 is 0 Å². The van der Waals surface area contributed by atoms with Crippen LogP contribution in [0, 0.1) is 0 Å². The summed E-state index contributed by atoms with van der Waals surface area (Å²) in [6, 6.07) is 14.8. The molecule has 1 aliphatic rings. The van der Waals surface area contributed by atoms with Crippen LogP contribution in [0.3, 0.4) is 0 Å². The van der Waals surface area contributed by atoms with Crippen LogP contribution < -0.4 is 4.90 Å². The first kappa shape index (κ1) is 19.0. The van der Waals surface area contributed by atoms with Crippen molar-refractivity contribution in [2.24, 2.45) is 0 Å². The molecule has 0 unspecified atom stereocenters. The smallest absolute Gasteiger partial charge is 0.227 e. The quantitative estimate of drug-likeness (QED) is 0.748. The second kappa shape index (κ2) is 7.47. The summed E-state index contributed by atoms with van der Waals surface area (Å²) in [7, 11) is 0. The zero-order valence-electron chi connectivity index (χ0n) is 16.1. The van der Waals surface area contributed by atoms with Gasteiger partial charge in [-0.25, -0.2) is 0 Å². The van der Waals surface area contributed by atoms with Crippen molar-refractivity contribution in [1.29, 1.82) is 0 Å². The minimum absolute atomic E-state index is 0.0369. The molecule has 2 aromatic rings. The maximum Gasteiger partial charge on any atom is 0.227 e. The van der Waals surface area contributed by atoms with Crippen LogP contribution in [0.4, 0.5) is 5.69 Å². The van der Waals surface area contributed by atoms with Crippen molar-refractivity contribution >= 4 is 23.2 Å². The molecule has 1 heterocycles. The van der Waals surface area contributed by atoms with Crippen LogP contribution in [0.5, 0.6) is 0 Å². The highest BCUT2D eigenvalue weighted by molar-refractivity contribution is 6.09. The van der Waals surface area contributed by atoms with Crippen molar-refractivity contribution in [3.63, 3.8) is 0 Å². The Morgan fingerprint density at radius 1 is 0.963 bits per heavy atom. The van der Waals surface area contributed by atoms with Crippen LogP contribution >= 0.6 is 0 Å². The zero-order chi connectivity index (χ0) is 19.6. The van der Waals surface area contributed by atoms with Gasteiger partial charge in [0.1, 0.15) is 0 Å². The molecule has 4 heteroatoms. The van der Waals surface area contributed by atoms with E-state index in [0.29, 0.717) is 29.8 Å². The fraction of sp³-hybridized carbons (Fsp3) is 0.348. The molecule has 0 saturated carbocycles. The Kier molecular flexibility index (Phi) is 5.26. The van der Waals surface area contributed by atoms with Gasteiger partial charge in [0.05, 0.1) is 5.69 Å². The Hall–Kier alpha value is -2.75. The first-order valence-corrected chi connectivity index (χ1v) is 9.34. The van der Waals surface area contributed by atoms with Crippen LogP contribution in [0.25, 0.3) is 0 Å². The summed E-state index contributed by atoms with van der Waals surface area (Å²) in [6.45, 7) is 6.76. The van der Waals surface area contributed by atoms with E-state index in [-0.39, 0.29) is 35.7 Å². The predicted octanol–water partition coefficient (Wildman–Crippen LogP) is 4.57. The van der Waals surface area contributed by atoms with E-state index in [4.69, 9.17) is 0 Å². The van der Waals surface area contributed by atoms with Gasteiger partial charge in [-0.2, -0.15) is 0 Å². The first-order valence-electron chi connectivity index (χ1n) is 9.34. The first-order chi connectivity index (χ1) is 12.8. The maximum atomic E-state index is 12.7. The number of para-hydroxylation sites is 1. The number of benzene rings is 2. The third-order valence-corrected chi connectivity index (χ3v) is 5.00. The van der Waals surface area contributed by atoms with Gasteiger partial charge < -0.3 is 4.90 Å². The van der Waals surface area contributed by atoms with Gasteiger partial charge in [0.2, 0.25) is 5.91 Å². The van der Waals surface area contributed by atoms with Crippen molar-refractivity contribution in [3.05, 3.63) is 65.2 Å². The van der Waals surface area contributed by atoms with E-state index in [1.165, 1.54) is 5.56 Å².